The van der Waals surface area contributed by atoms with Crippen molar-refractivity contribution in [2.45, 2.75) is 6.04 Å². The number of aromatic amines is 1. The number of anilines is 1. The van der Waals surface area contributed by atoms with Crippen LogP contribution >= 0.6 is 23.2 Å². The second-order valence-corrected chi connectivity index (χ2v) is 9.04. The summed E-state index contributed by atoms with van der Waals surface area (Å²) in [5.41, 5.74) is 1.74. The minimum atomic E-state index is -0.779. The fourth-order valence-corrected chi connectivity index (χ4v) is 4.59. The number of H-pyrrole nitrogens is 1. The standard InChI is InChI=1S/C26H22Cl2N4O3/c27-17-6-7-19-22(13-17)29-15-20(25(19)33)24(18-3-1-2-4-21(18)28)31-26(34)16-5-8-23(30-14-16)32-9-11-35-12-10-32/h1-8,13-15,24H,9-12H2,(H,29,33)(H,31,34). The van der Waals surface area contributed by atoms with Crippen molar-refractivity contribution in [2.75, 3.05) is 31.2 Å². The van der Waals surface area contributed by atoms with E-state index in [1.807, 2.05) is 12.1 Å². The molecule has 178 valence electrons. The highest BCUT2D eigenvalue weighted by Crippen LogP contribution is 2.28. The van der Waals surface area contributed by atoms with Gasteiger partial charge in [-0.25, -0.2) is 4.98 Å². The predicted octanol–water partition coefficient (Wildman–Crippen LogP) is 4.59. The van der Waals surface area contributed by atoms with Gasteiger partial charge in [0.15, 0.2) is 5.43 Å². The van der Waals surface area contributed by atoms with Crippen molar-refractivity contribution in [1.29, 1.82) is 0 Å². The van der Waals surface area contributed by atoms with Crippen LogP contribution in [0, 0.1) is 0 Å². The number of benzene rings is 2. The van der Waals surface area contributed by atoms with Crippen molar-refractivity contribution in [3.63, 3.8) is 0 Å². The Kier molecular flexibility index (Phi) is 6.72. The van der Waals surface area contributed by atoms with E-state index in [4.69, 9.17) is 27.9 Å². The lowest BCUT2D eigenvalue weighted by atomic mass is 9.97. The molecule has 2 N–H and O–H groups in total. The number of carbonyl (C=O) groups excluding carboxylic acids is 1. The van der Waals surface area contributed by atoms with E-state index in [0.717, 1.165) is 18.9 Å². The van der Waals surface area contributed by atoms with Gasteiger partial charge in [0.2, 0.25) is 0 Å². The van der Waals surface area contributed by atoms with Gasteiger partial charge in [-0.2, -0.15) is 0 Å². The lowest BCUT2D eigenvalue weighted by molar-refractivity contribution is 0.0942. The Balaban J connectivity index is 1.49. The van der Waals surface area contributed by atoms with Gasteiger partial charge in [-0.05, 0) is 42.0 Å². The summed E-state index contributed by atoms with van der Waals surface area (Å²) in [6.45, 7) is 2.80. The monoisotopic (exact) mass is 508 g/mol. The number of halogens is 2. The average molecular weight is 509 g/mol. The Morgan fingerprint density at radius 3 is 2.60 bits per heavy atom. The largest absolute Gasteiger partial charge is 0.378 e. The lowest BCUT2D eigenvalue weighted by Crippen LogP contribution is -2.37. The number of hydrogen-bond donors (Lipinski definition) is 2. The van der Waals surface area contributed by atoms with Crippen molar-refractivity contribution >= 4 is 45.8 Å². The van der Waals surface area contributed by atoms with E-state index >= 15 is 0 Å². The summed E-state index contributed by atoms with van der Waals surface area (Å²) in [4.78, 5) is 36.4. The molecule has 35 heavy (non-hydrogen) atoms. The summed E-state index contributed by atoms with van der Waals surface area (Å²) in [6, 6.07) is 14.9. The predicted molar refractivity (Wildman–Crippen MR) is 138 cm³/mol. The van der Waals surface area contributed by atoms with Crippen LogP contribution in [0.5, 0.6) is 0 Å². The molecule has 1 amide bonds. The summed E-state index contributed by atoms with van der Waals surface area (Å²) in [6.07, 6.45) is 3.13. The number of amides is 1. The summed E-state index contributed by atoms with van der Waals surface area (Å²) in [5.74, 6) is 0.420. The fraction of sp³-hybridized carbons (Fsp3) is 0.192. The molecular formula is C26H22Cl2N4O3. The van der Waals surface area contributed by atoms with Gasteiger partial charge in [-0.3, -0.25) is 9.59 Å². The van der Waals surface area contributed by atoms with Crippen molar-refractivity contribution in [3.8, 4) is 0 Å². The molecule has 3 heterocycles. The number of morpholine rings is 1. The van der Waals surface area contributed by atoms with Gasteiger partial charge in [0.25, 0.3) is 5.91 Å². The van der Waals surface area contributed by atoms with E-state index in [2.05, 4.69) is 20.2 Å². The molecule has 1 saturated heterocycles. The maximum absolute atomic E-state index is 13.4. The van der Waals surface area contributed by atoms with Crippen molar-refractivity contribution in [3.05, 3.63) is 104 Å². The van der Waals surface area contributed by atoms with Crippen LogP contribution in [-0.2, 0) is 4.74 Å². The quantitative estimate of drug-likeness (QED) is 0.411. The Morgan fingerprint density at radius 2 is 1.86 bits per heavy atom. The lowest BCUT2D eigenvalue weighted by Gasteiger charge is -2.27. The van der Waals surface area contributed by atoms with Crippen molar-refractivity contribution in [2.24, 2.45) is 0 Å². The van der Waals surface area contributed by atoms with Crippen LogP contribution < -0.4 is 15.6 Å². The first-order valence-corrected chi connectivity index (χ1v) is 11.9. The van der Waals surface area contributed by atoms with E-state index in [0.29, 0.717) is 50.9 Å². The summed E-state index contributed by atoms with van der Waals surface area (Å²) in [5, 5.41) is 4.40. The van der Waals surface area contributed by atoms with E-state index in [1.165, 1.54) is 6.20 Å². The van der Waals surface area contributed by atoms with Gasteiger partial charge >= 0.3 is 0 Å². The first kappa shape index (κ1) is 23.4. The zero-order valence-electron chi connectivity index (χ0n) is 18.6. The first-order chi connectivity index (χ1) is 17.0. The molecule has 7 nitrogen and oxygen atoms in total. The van der Waals surface area contributed by atoms with Crippen molar-refractivity contribution < 1.29 is 9.53 Å². The average Bonchev–Trinajstić information content (AvgIpc) is 2.89. The molecule has 4 aromatic rings. The maximum Gasteiger partial charge on any atom is 0.253 e. The van der Waals surface area contributed by atoms with Crippen LogP contribution in [0.1, 0.15) is 27.5 Å². The molecule has 0 bridgehead atoms. The molecular weight excluding hydrogens is 487 g/mol. The molecule has 1 aliphatic rings. The van der Waals surface area contributed by atoms with Gasteiger partial charge in [-0.1, -0.05) is 41.4 Å². The molecule has 1 aliphatic heterocycles. The van der Waals surface area contributed by atoms with Crippen LogP contribution in [0.3, 0.4) is 0 Å². The van der Waals surface area contributed by atoms with E-state index in [-0.39, 0.29) is 11.3 Å². The number of hydrogen-bond acceptors (Lipinski definition) is 5. The second kappa shape index (κ2) is 10.1. The third-order valence-electron chi connectivity index (χ3n) is 6.02. The van der Waals surface area contributed by atoms with E-state index in [1.54, 1.807) is 48.7 Å². The molecule has 0 aliphatic carbocycles. The van der Waals surface area contributed by atoms with Gasteiger partial charge in [-0.15, -0.1) is 0 Å². The number of fused-ring (bicyclic) bond motifs is 1. The van der Waals surface area contributed by atoms with Gasteiger partial charge < -0.3 is 19.9 Å². The normalized spacial score (nSPS) is 14.6. The van der Waals surface area contributed by atoms with Crippen LogP contribution in [0.15, 0.2) is 71.8 Å². The molecule has 0 radical (unpaired) electrons. The molecule has 0 spiro atoms. The number of pyridine rings is 2. The minimum Gasteiger partial charge on any atom is -0.378 e. The zero-order chi connectivity index (χ0) is 24.4. The van der Waals surface area contributed by atoms with Crippen LogP contribution in [0.25, 0.3) is 10.9 Å². The molecule has 1 atom stereocenters. The number of aromatic nitrogens is 2. The van der Waals surface area contributed by atoms with Gasteiger partial charge in [0, 0.05) is 46.5 Å². The molecule has 9 heteroatoms. The molecule has 2 aromatic heterocycles. The SMILES string of the molecule is O=C(NC(c1ccccc1Cl)c1c[nH]c2cc(Cl)ccc2c1=O)c1ccc(N2CCOCC2)nc1. The fourth-order valence-electron chi connectivity index (χ4n) is 4.17. The smallest absolute Gasteiger partial charge is 0.253 e. The molecule has 1 unspecified atom stereocenters. The molecule has 0 saturated carbocycles. The Hall–Kier alpha value is -3.39. The summed E-state index contributed by atoms with van der Waals surface area (Å²) < 4.78 is 5.38. The minimum absolute atomic E-state index is 0.221. The third kappa shape index (κ3) is 4.89. The summed E-state index contributed by atoms with van der Waals surface area (Å²) >= 11 is 12.6. The van der Waals surface area contributed by atoms with Gasteiger partial charge in [0.1, 0.15) is 5.82 Å². The number of carbonyl (C=O) groups is 1. The van der Waals surface area contributed by atoms with Crippen LogP contribution in [-0.4, -0.2) is 42.2 Å². The summed E-state index contributed by atoms with van der Waals surface area (Å²) in [7, 11) is 0. The van der Waals surface area contributed by atoms with Crippen LogP contribution in [0.4, 0.5) is 5.82 Å². The number of rotatable bonds is 5. The highest BCUT2D eigenvalue weighted by molar-refractivity contribution is 6.31. The maximum atomic E-state index is 13.4. The topological polar surface area (TPSA) is 87.3 Å². The third-order valence-corrected chi connectivity index (χ3v) is 6.60. The van der Waals surface area contributed by atoms with Crippen molar-refractivity contribution in [1.82, 2.24) is 15.3 Å². The number of ether oxygens (including phenoxy) is 1. The zero-order valence-corrected chi connectivity index (χ0v) is 20.1. The Bertz CT molecular complexity index is 1430. The van der Waals surface area contributed by atoms with E-state index < -0.39 is 6.04 Å². The first-order valence-electron chi connectivity index (χ1n) is 11.2. The number of nitrogens with zero attached hydrogens (tertiary/aromatic N) is 2. The highest BCUT2D eigenvalue weighted by atomic mass is 35.5. The molecule has 1 fully saturated rings. The molecule has 5 rings (SSSR count). The number of nitrogens with one attached hydrogen (secondary N) is 2. The Morgan fingerprint density at radius 1 is 1.06 bits per heavy atom. The van der Waals surface area contributed by atoms with Gasteiger partial charge in [0.05, 0.1) is 30.3 Å². The van der Waals surface area contributed by atoms with E-state index in [9.17, 15) is 9.59 Å². The Labute approximate surface area is 211 Å². The highest BCUT2D eigenvalue weighted by Gasteiger charge is 2.24. The van der Waals surface area contributed by atoms with Crippen LogP contribution in [0.2, 0.25) is 10.0 Å². The molecule has 2 aromatic carbocycles. The second-order valence-electron chi connectivity index (χ2n) is 8.20.